The van der Waals surface area contributed by atoms with Gasteiger partial charge in [0.2, 0.25) is 0 Å². The molecule has 5 nitrogen and oxygen atoms in total. The van der Waals surface area contributed by atoms with Gasteiger partial charge in [0, 0.05) is 18.7 Å². The molecule has 0 amide bonds. The lowest BCUT2D eigenvalue weighted by atomic mass is 10.1. The zero-order valence-corrected chi connectivity index (χ0v) is 15.2. The van der Waals surface area contributed by atoms with Crippen molar-refractivity contribution in [2.24, 2.45) is 5.73 Å². The number of fused-ring (bicyclic) bond motifs is 1. The molecule has 2 rings (SSSR count). The summed E-state index contributed by atoms with van der Waals surface area (Å²) in [6, 6.07) is 4.09. The number of aryl methyl sites for hydroxylation is 2. The van der Waals surface area contributed by atoms with Crippen LogP contribution in [-0.2, 0) is 17.6 Å². The lowest BCUT2D eigenvalue weighted by molar-refractivity contribution is -0.120. The van der Waals surface area contributed by atoms with Gasteiger partial charge in [-0.25, -0.2) is 4.98 Å². The molecule has 0 radical (unpaired) electrons. The van der Waals surface area contributed by atoms with Crippen molar-refractivity contribution in [1.29, 1.82) is 0 Å². The van der Waals surface area contributed by atoms with Crippen LogP contribution in [0.15, 0.2) is 12.1 Å². The van der Waals surface area contributed by atoms with E-state index in [9.17, 15) is 4.79 Å². The number of ketones is 1. The summed E-state index contributed by atoms with van der Waals surface area (Å²) in [7, 11) is 2.10. The molecule has 1 atom stereocenters. The molecule has 5 heteroatoms. The van der Waals surface area contributed by atoms with Crippen molar-refractivity contribution in [2.75, 3.05) is 32.0 Å². The Labute approximate surface area is 146 Å². The zero-order chi connectivity index (χ0) is 17.4. The minimum atomic E-state index is -0.301. The van der Waals surface area contributed by atoms with Crippen molar-refractivity contribution in [3.05, 3.63) is 23.4 Å². The first-order chi connectivity index (χ1) is 11.6. The van der Waals surface area contributed by atoms with Crippen molar-refractivity contribution in [3.8, 4) is 0 Å². The van der Waals surface area contributed by atoms with Crippen LogP contribution in [0.5, 0.6) is 0 Å². The summed E-state index contributed by atoms with van der Waals surface area (Å²) >= 11 is 0. The van der Waals surface area contributed by atoms with E-state index in [1.807, 2.05) is 6.92 Å². The smallest absolute Gasteiger partial charge is 0.149 e. The third-order valence-corrected chi connectivity index (χ3v) is 4.76. The van der Waals surface area contributed by atoms with E-state index in [-0.39, 0.29) is 11.8 Å². The fraction of sp³-hybridized carbons (Fsp3) is 0.684. The largest absolute Gasteiger partial charge is 0.370 e. The number of rotatable bonds is 10. The number of Topliss-reactive ketones (excluding diaryl/α,β-unsaturated/α-hetero) is 1. The van der Waals surface area contributed by atoms with Crippen molar-refractivity contribution < 1.29 is 4.79 Å². The fourth-order valence-corrected chi connectivity index (χ4v) is 3.09. The van der Waals surface area contributed by atoms with Crippen molar-refractivity contribution in [2.45, 2.75) is 57.9 Å². The number of carbonyl (C=O) groups excluding carboxylic acids is 1. The molecule has 1 unspecified atom stereocenters. The predicted octanol–water partition coefficient (Wildman–Crippen LogP) is 2.39. The molecular formula is C19H32N4O. The van der Waals surface area contributed by atoms with Gasteiger partial charge in [0.1, 0.15) is 11.6 Å². The summed E-state index contributed by atoms with van der Waals surface area (Å²) in [6.07, 6.45) is 6.93. The molecule has 0 aromatic carbocycles. The van der Waals surface area contributed by atoms with Gasteiger partial charge >= 0.3 is 0 Å². The summed E-state index contributed by atoms with van der Waals surface area (Å²) in [5.41, 5.74) is 8.40. The first kappa shape index (κ1) is 18.9. The van der Waals surface area contributed by atoms with E-state index in [2.05, 4.69) is 29.4 Å². The van der Waals surface area contributed by atoms with Crippen LogP contribution in [0.1, 0.15) is 50.3 Å². The van der Waals surface area contributed by atoms with Gasteiger partial charge in [0.15, 0.2) is 0 Å². The maximum absolute atomic E-state index is 11.5. The first-order valence-corrected chi connectivity index (χ1v) is 9.29. The third-order valence-electron chi connectivity index (χ3n) is 4.76. The molecule has 0 fully saturated rings. The second-order valence-corrected chi connectivity index (χ2v) is 6.82. The number of carbonyl (C=O) groups is 1. The van der Waals surface area contributed by atoms with Gasteiger partial charge < -0.3 is 16.0 Å². The number of unbranched alkanes of at least 4 members (excludes halogenated alkanes) is 1. The second-order valence-electron chi connectivity index (χ2n) is 6.82. The minimum absolute atomic E-state index is 0.162. The average molecular weight is 332 g/mol. The van der Waals surface area contributed by atoms with Gasteiger partial charge in [0.05, 0.1) is 6.04 Å². The summed E-state index contributed by atoms with van der Waals surface area (Å²) in [5.74, 6) is 1.25. The number of nitrogens with one attached hydrogen (secondary N) is 1. The molecule has 3 N–H and O–H groups in total. The molecule has 0 bridgehead atoms. The normalized spacial score (nSPS) is 15.0. The van der Waals surface area contributed by atoms with E-state index in [4.69, 9.17) is 10.7 Å². The molecule has 0 saturated heterocycles. The van der Waals surface area contributed by atoms with Gasteiger partial charge in [-0.1, -0.05) is 13.0 Å². The fourth-order valence-electron chi connectivity index (χ4n) is 3.09. The number of anilines is 1. The highest BCUT2D eigenvalue weighted by Gasteiger charge is 2.12. The van der Waals surface area contributed by atoms with Crippen molar-refractivity contribution >= 4 is 11.6 Å². The highest BCUT2D eigenvalue weighted by molar-refractivity contribution is 5.83. The van der Waals surface area contributed by atoms with Crippen LogP contribution in [0.4, 0.5) is 5.82 Å². The Kier molecular flexibility index (Phi) is 7.66. The summed E-state index contributed by atoms with van der Waals surface area (Å²) in [6.45, 7) is 4.83. The van der Waals surface area contributed by atoms with Gasteiger partial charge in [0.25, 0.3) is 0 Å². The lowest BCUT2D eigenvalue weighted by Crippen LogP contribution is -2.34. The van der Waals surface area contributed by atoms with E-state index in [0.717, 1.165) is 57.6 Å². The molecule has 0 spiro atoms. The molecule has 1 aliphatic rings. The number of hydrogen-bond acceptors (Lipinski definition) is 5. The third kappa shape index (κ3) is 5.87. The Hall–Kier alpha value is -1.46. The summed E-state index contributed by atoms with van der Waals surface area (Å²) in [4.78, 5) is 18.5. The molecule has 2 heterocycles. The van der Waals surface area contributed by atoms with Gasteiger partial charge in [-0.05, 0) is 70.3 Å². The van der Waals surface area contributed by atoms with Gasteiger partial charge in [-0.2, -0.15) is 0 Å². The molecular weight excluding hydrogens is 300 g/mol. The zero-order valence-electron chi connectivity index (χ0n) is 15.2. The van der Waals surface area contributed by atoms with Crippen LogP contribution >= 0.6 is 0 Å². The summed E-state index contributed by atoms with van der Waals surface area (Å²) < 4.78 is 0. The SMILES string of the molecule is CCC(=O)C(N)CCN(C)CCCCc1ccc2c(n1)NCCC2. The van der Waals surface area contributed by atoms with E-state index in [1.54, 1.807) is 0 Å². The lowest BCUT2D eigenvalue weighted by Gasteiger charge is -2.19. The van der Waals surface area contributed by atoms with Gasteiger partial charge in [-0.15, -0.1) is 0 Å². The number of hydrogen-bond donors (Lipinski definition) is 2. The number of pyridine rings is 1. The standard InChI is InChI=1S/C19H32N4O/c1-3-18(24)17(20)11-14-23(2)13-5-4-8-16-10-9-15-7-6-12-21-19(15)22-16/h9-10,17H,3-8,11-14,20H2,1-2H3,(H,21,22). The molecule has 134 valence electrons. The Morgan fingerprint density at radius 2 is 2.21 bits per heavy atom. The first-order valence-electron chi connectivity index (χ1n) is 9.29. The van der Waals surface area contributed by atoms with Crippen LogP contribution in [0, 0.1) is 0 Å². The van der Waals surface area contributed by atoms with Gasteiger partial charge in [-0.3, -0.25) is 4.79 Å². The maximum atomic E-state index is 11.5. The van der Waals surface area contributed by atoms with Crippen LogP contribution in [0.3, 0.4) is 0 Å². The van der Waals surface area contributed by atoms with E-state index >= 15 is 0 Å². The van der Waals surface area contributed by atoms with E-state index in [1.165, 1.54) is 17.7 Å². The van der Waals surface area contributed by atoms with Crippen molar-refractivity contribution in [1.82, 2.24) is 9.88 Å². The second kappa shape index (κ2) is 9.74. The Balaban J connectivity index is 1.63. The highest BCUT2D eigenvalue weighted by atomic mass is 16.1. The molecule has 24 heavy (non-hydrogen) atoms. The van der Waals surface area contributed by atoms with Crippen LogP contribution < -0.4 is 11.1 Å². The number of nitrogens with two attached hydrogens (primary N) is 1. The molecule has 1 aliphatic heterocycles. The van der Waals surface area contributed by atoms with Crippen LogP contribution in [0.25, 0.3) is 0 Å². The Morgan fingerprint density at radius 1 is 1.38 bits per heavy atom. The molecule has 1 aromatic rings. The quantitative estimate of drug-likeness (QED) is 0.644. The van der Waals surface area contributed by atoms with E-state index < -0.39 is 0 Å². The molecule has 0 aliphatic carbocycles. The summed E-state index contributed by atoms with van der Waals surface area (Å²) in [5, 5.41) is 3.39. The molecule has 0 saturated carbocycles. The highest BCUT2D eigenvalue weighted by Crippen LogP contribution is 2.20. The van der Waals surface area contributed by atoms with Crippen molar-refractivity contribution in [3.63, 3.8) is 0 Å². The Morgan fingerprint density at radius 3 is 3.00 bits per heavy atom. The van der Waals surface area contributed by atoms with Crippen LogP contribution in [0.2, 0.25) is 0 Å². The monoisotopic (exact) mass is 332 g/mol. The van der Waals surface area contributed by atoms with Crippen LogP contribution in [-0.4, -0.2) is 48.4 Å². The number of nitrogens with zero attached hydrogens (tertiary/aromatic N) is 2. The molecule has 1 aromatic heterocycles. The minimum Gasteiger partial charge on any atom is -0.370 e. The predicted molar refractivity (Wildman–Crippen MR) is 99.4 cm³/mol. The Bertz CT molecular complexity index is 532. The number of aromatic nitrogens is 1. The average Bonchev–Trinajstić information content (AvgIpc) is 2.62. The van der Waals surface area contributed by atoms with E-state index in [0.29, 0.717) is 6.42 Å². The maximum Gasteiger partial charge on any atom is 0.149 e. The topological polar surface area (TPSA) is 71.2 Å².